The fourth-order valence-corrected chi connectivity index (χ4v) is 3.12. The number of hydrogen-bond donors (Lipinski definition) is 1. The first-order valence-corrected chi connectivity index (χ1v) is 8.04. The van der Waals surface area contributed by atoms with Crippen LogP contribution in [0.15, 0.2) is 43.0 Å². The third-order valence-electron chi connectivity index (χ3n) is 4.48. The first-order valence-electron chi connectivity index (χ1n) is 8.04. The molecule has 0 unspecified atom stereocenters. The van der Waals surface area contributed by atoms with Gasteiger partial charge in [-0.3, -0.25) is 4.68 Å². The largest absolute Gasteiger partial charge is 0.381 e. The lowest BCUT2D eigenvalue weighted by atomic mass is 9.91. The SMILES string of the molecule is C[C@H](N[C@@H](Cn1cncn1)c1ccccc1)C1CCOCC1. The molecule has 1 saturated heterocycles. The maximum atomic E-state index is 5.47. The third-order valence-corrected chi connectivity index (χ3v) is 4.48. The predicted octanol–water partition coefficient (Wildman–Crippen LogP) is 2.42. The molecule has 2 atom stereocenters. The van der Waals surface area contributed by atoms with Gasteiger partial charge in [0, 0.05) is 19.3 Å². The summed E-state index contributed by atoms with van der Waals surface area (Å²) in [7, 11) is 0. The Morgan fingerprint density at radius 3 is 2.73 bits per heavy atom. The summed E-state index contributed by atoms with van der Waals surface area (Å²) in [6.07, 6.45) is 5.64. The summed E-state index contributed by atoms with van der Waals surface area (Å²) in [6, 6.07) is 11.3. The second-order valence-electron chi connectivity index (χ2n) is 5.99. The highest BCUT2D eigenvalue weighted by atomic mass is 16.5. The number of nitrogens with one attached hydrogen (secondary N) is 1. The number of ether oxygens (including phenoxy) is 1. The van der Waals surface area contributed by atoms with E-state index in [1.807, 2.05) is 4.68 Å². The molecule has 0 bridgehead atoms. The highest BCUT2D eigenvalue weighted by Gasteiger charge is 2.23. The average Bonchev–Trinajstić information content (AvgIpc) is 3.09. The van der Waals surface area contributed by atoms with E-state index >= 15 is 0 Å². The van der Waals surface area contributed by atoms with Crippen molar-refractivity contribution in [2.45, 2.75) is 38.4 Å². The Kier molecular flexibility index (Phi) is 5.19. The molecule has 5 nitrogen and oxygen atoms in total. The highest BCUT2D eigenvalue weighted by molar-refractivity contribution is 5.19. The lowest BCUT2D eigenvalue weighted by Crippen LogP contribution is -2.40. The van der Waals surface area contributed by atoms with E-state index < -0.39 is 0 Å². The van der Waals surface area contributed by atoms with Crippen LogP contribution in [-0.4, -0.2) is 34.0 Å². The zero-order valence-electron chi connectivity index (χ0n) is 13.1. The molecule has 2 heterocycles. The van der Waals surface area contributed by atoms with Crippen molar-refractivity contribution < 1.29 is 4.74 Å². The first-order chi connectivity index (χ1) is 10.8. The van der Waals surface area contributed by atoms with Crippen molar-refractivity contribution in [3.63, 3.8) is 0 Å². The minimum absolute atomic E-state index is 0.237. The van der Waals surface area contributed by atoms with Gasteiger partial charge in [-0.15, -0.1) is 0 Å². The predicted molar refractivity (Wildman–Crippen MR) is 85.3 cm³/mol. The Balaban J connectivity index is 1.70. The van der Waals surface area contributed by atoms with Crippen molar-refractivity contribution in [3.8, 4) is 0 Å². The lowest BCUT2D eigenvalue weighted by Gasteiger charge is -2.32. The van der Waals surface area contributed by atoms with E-state index in [9.17, 15) is 0 Å². The second kappa shape index (κ2) is 7.51. The van der Waals surface area contributed by atoms with Gasteiger partial charge < -0.3 is 10.1 Å². The summed E-state index contributed by atoms with van der Waals surface area (Å²) < 4.78 is 7.36. The fourth-order valence-electron chi connectivity index (χ4n) is 3.12. The number of hydrogen-bond acceptors (Lipinski definition) is 4. The molecular formula is C17H24N4O. The van der Waals surface area contributed by atoms with Crippen LogP contribution in [-0.2, 0) is 11.3 Å². The maximum absolute atomic E-state index is 5.47. The highest BCUT2D eigenvalue weighted by Crippen LogP contribution is 2.22. The minimum Gasteiger partial charge on any atom is -0.381 e. The topological polar surface area (TPSA) is 52.0 Å². The molecule has 2 aromatic rings. The summed E-state index contributed by atoms with van der Waals surface area (Å²) in [5, 5.41) is 8.04. The second-order valence-corrected chi connectivity index (χ2v) is 5.99. The monoisotopic (exact) mass is 300 g/mol. The van der Waals surface area contributed by atoms with Gasteiger partial charge in [-0.2, -0.15) is 5.10 Å². The molecule has 22 heavy (non-hydrogen) atoms. The molecule has 1 fully saturated rings. The Labute approximate surface area is 131 Å². The van der Waals surface area contributed by atoms with Crippen LogP contribution < -0.4 is 5.32 Å². The van der Waals surface area contributed by atoms with Gasteiger partial charge in [-0.25, -0.2) is 4.98 Å². The fraction of sp³-hybridized carbons (Fsp3) is 0.529. The van der Waals surface area contributed by atoms with E-state index in [-0.39, 0.29) is 6.04 Å². The average molecular weight is 300 g/mol. The summed E-state index contributed by atoms with van der Waals surface area (Å²) in [4.78, 5) is 4.05. The number of aromatic nitrogens is 3. The van der Waals surface area contributed by atoms with Gasteiger partial charge >= 0.3 is 0 Å². The van der Waals surface area contributed by atoms with Crippen LogP contribution in [0.5, 0.6) is 0 Å². The van der Waals surface area contributed by atoms with Crippen molar-refractivity contribution in [2.75, 3.05) is 13.2 Å². The van der Waals surface area contributed by atoms with Gasteiger partial charge in [0.2, 0.25) is 0 Å². The van der Waals surface area contributed by atoms with Crippen molar-refractivity contribution in [1.29, 1.82) is 0 Å². The Morgan fingerprint density at radius 2 is 2.05 bits per heavy atom. The maximum Gasteiger partial charge on any atom is 0.137 e. The molecule has 1 N–H and O–H groups in total. The smallest absolute Gasteiger partial charge is 0.137 e. The van der Waals surface area contributed by atoms with Gasteiger partial charge in [0.25, 0.3) is 0 Å². The van der Waals surface area contributed by atoms with Crippen molar-refractivity contribution in [2.24, 2.45) is 5.92 Å². The molecule has 5 heteroatoms. The van der Waals surface area contributed by atoms with E-state index in [4.69, 9.17) is 4.74 Å². The van der Waals surface area contributed by atoms with Gasteiger partial charge in [-0.1, -0.05) is 30.3 Å². The van der Waals surface area contributed by atoms with Crippen LogP contribution in [0, 0.1) is 5.92 Å². The van der Waals surface area contributed by atoms with Crippen molar-refractivity contribution in [1.82, 2.24) is 20.1 Å². The summed E-state index contributed by atoms with van der Waals surface area (Å²) in [5.74, 6) is 0.677. The minimum atomic E-state index is 0.237. The molecule has 3 rings (SSSR count). The van der Waals surface area contributed by atoms with Gasteiger partial charge in [-0.05, 0) is 31.2 Å². The number of nitrogens with zero attached hydrogens (tertiary/aromatic N) is 3. The summed E-state index contributed by atoms with van der Waals surface area (Å²) in [6.45, 7) is 4.84. The molecule has 1 aromatic carbocycles. The molecule has 0 spiro atoms. The molecule has 0 aliphatic carbocycles. The molecule has 0 saturated carbocycles. The van der Waals surface area contributed by atoms with Crippen molar-refractivity contribution >= 4 is 0 Å². The van der Waals surface area contributed by atoms with Crippen molar-refractivity contribution in [3.05, 3.63) is 48.5 Å². The zero-order valence-corrected chi connectivity index (χ0v) is 13.1. The lowest BCUT2D eigenvalue weighted by molar-refractivity contribution is 0.0539. The zero-order chi connectivity index (χ0) is 15.2. The van der Waals surface area contributed by atoms with Crippen LogP contribution >= 0.6 is 0 Å². The molecule has 1 aliphatic heterocycles. The van der Waals surface area contributed by atoms with Crippen LogP contribution in [0.25, 0.3) is 0 Å². The quantitative estimate of drug-likeness (QED) is 0.890. The summed E-state index contributed by atoms with van der Waals surface area (Å²) >= 11 is 0. The molecule has 1 aliphatic rings. The Morgan fingerprint density at radius 1 is 1.27 bits per heavy atom. The molecule has 0 radical (unpaired) electrons. The van der Waals surface area contributed by atoms with Gasteiger partial charge in [0.05, 0.1) is 12.6 Å². The Bertz CT molecular complexity index is 537. The van der Waals surface area contributed by atoms with E-state index in [0.29, 0.717) is 12.0 Å². The van der Waals surface area contributed by atoms with Crippen LogP contribution in [0.1, 0.15) is 31.4 Å². The van der Waals surface area contributed by atoms with Crippen LogP contribution in [0.2, 0.25) is 0 Å². The molecular weight excluding hydrogens is 276 g/mol. The molecule has 0 amide bonds. The molecule has 1 aromatic heterocycles. The standard InChI is InChI=1S/C17H24N4O/c1-14(15-7-9-22-10-8-15)20-17(11-21-13-18-12-19-21)16-5-3-2-4-6-16/h2-6,12-15,17,20H,7-11H2,1H3/t14-,17-/m0/s1. The van der Waals surface area contributed by atoms with E-state index in [2.05, 4.69) is 52.7 Å². The third kappa shape index (κ3) is 3.93. The summed E-state index contributed by atoms with van der Waals surface area (Å²) in [5.41, 5.74) is 1.29. The number of benzene rings is 1. The Hall–Kier alpha value is -1.72. The van der Waals surface area contributed by atoms with Crippen LogP contribution in [0.4, 0.5) is 0 Å². The molecule has 118 valence electrons. The van der Waals surface area contributed by atoms with E-state index in [0.717, 1.165) is 32.6 Å². The van der Waals surface area contributed by atoms with E-state index in [1.54, 1.807) is 12.7 Å². The van der Waals surface area contributed by atoms with Crippen LogP contribution in [0.3, 0.4) is 0 Å². The van der Waals surface area contributed by atoms with Gasteiger partial charge in [0.1, 0.15) is 12.7 Å². The number of rotatable bonds is 6. The van der Waals surface area contributed by atoms with Gasteiger partial charge in [0.15, 0.2) is 0 Å². The normalized spacial score (nSPS) is 19.0. The van der Waals surface area contributed by atoms with E-state index in [1.165, 1.54) is 5.56 Å². The first kappa shape index (κ1) is 15.2.